The fraction of sp³-hybridized carbons (Fsp3) is 0.375. The zero-order chi connectivity index (χ0) is 14.6. The van der Waals surface area contributed by atoms with Crippen molar-refractivity contribution in [3.63, 3.8) is 0 Å². The molecule has 1 aromatic heterocycles. The van der Waals surface area contributed by atoms with Crippen LogP contribution in [0.15, 0.2) is 36.7 Å². The summed E-state index contributed by atoms with van der Waals surface area (Å²) in [6.45, 7) is 7.28. The highest BCUT2D eigenvalue weighted by molar-refractivity contribution is 5.34. The lowest BCUT2D eigenvalue weighted by Gasteiger charge is -2.19. The maximum Gasteiger partial charge on any atom is 0.321 e. The van der Waals surface area contributed by atoms with Crippen molar-refractivity contribution in [2.24, 2.45) is 0 Å². The van der Waals surface area contributed by atoms with Crippen LogP contribution >= 0.6 is 0 Å². The van der Waals surface area contributed by atoms with Gasteiger partial charge >= 0.3 is 6.01 Å². The highest BCUT2D eigenvalue weighted by Crippen LogP contribution is 2.27. The lowest BCUT2D eigenvalue weighted by molar-refractivity contribution is 0.438. The van der Waals surface area contributed by atoms with Gasteiger partial charge in [-0.2, -0.15) is 0 Å². The summed E-state index contributed by atoms with van der Waals surface area (Å²) in [6, 6.07) is 8.41. The molecular formula is C16H21N3O. The molecule has 0 saturated heterocycles. The summed E-state index contributed by atoms with van der Waals surface area (Å²) in [5, 5.41) is 3.06. The Bertz CT molecular complexity index is 559. The van der Waals surface area contributed by atoms with E-state index in [1.54, 1.807) is 12.4 Å². The molecule has 0 spiro atoms. The first-order chi connectivity index (χ1) is 9.49. The van der Waals surface area contributed by atoms with Gasteiger partial charge in [-0.05, 0) is 30.2 Å². The van der Waals surface area contributed by atoms with Crippen molar-refractivity contribution in [1.82, 2.24) is 15.3 Å². The van der Waals surface area contributed by atoms with Gasteiger partial charge in [0.2, 0.25) is 0 Å². The maximum absolute atomic E-state index is 5.70. The van der Waals surface area contributed by atoms with Crippen LogP contribution in [0, 0.1) is 0 Å². The number of nitrogens with zero attached hydrogens (tertiary/aromatic N) is 2. The third-order valence-corrected chi connectivity index (χ3v) is 2.97. The van der Waals surface area contributed by atoms with E-state index in [2.05, 4.69) is 42.1 Å². The fourth-order valence-corrected chi connectivity index (χ4v) is 1.82. The number of hydrogen-bond donors (Lipinski definition) is 1. The summed E-state index contributed by atoms with van der Waals surface area (Å²) in [5.41, 5.74) is 2.35. The number of rotatable bonds is 4. The Balaban J connectivity index is 2.13. The highest BCUT2D eigenvalue weighted by Gasteiger charge is 2.14. The van der Waals surface area contributed by atoms with E-state index < -0.39 is 0 Å². The molecule has 1 N–H and O–H groups in total. The Labute approximate surface area is 120 Å². The molecule has 0 unspecified atom stereocenters. The van der Waals surface area contributed by atoms with Gasteiger partial charge in [-0.15, -0.1) is 0 Å². The molecule has 0 radical (unpaired) electrons. The molecule has 1 heterocycles. The second-order valence-corrected chi connectivity index (χ2v) is 5.78. The third-order valence-electron chi connectivity index (χ3n) is 2.97. The van der Waals surface area contributed by atoms with E-state index in [4.69, 9.17) is 4.74 Å². The largest absolute Gasteiger partial charge is 0.424 e. The Kier molecular flexibility index (Phi) is 4.35. The van der Waals surface area contributed by atoms with Crippen LogP contribution < -0.4 is 10.1 Å². The van der Waals surface area contributed by atoms with Gasteiger partial charge in [-0.3, -0.25) is 0 Å². The zero-order valence-corrected chi connectivity index (χ0v) is 12.5. The Morgan fingerprint density at radius 2 is 1.85 bits per heavy atom. The first-order valence-corrected chi connectivity index (χ1v) is 6.73. The lowest BCUT2D eigenvalue weighted by atomic mass is 9.87. The molecule has 4 heteroatoms. The summed E-state index contributed by atoms with van der Waals surface area (Å²) >= 11 is 0. The van der Waals surface area contributed by atoms with Crippen LogP contribution in [0.5, 0.6) is 11.8 Å². The van der Waals surface area contributed by atoms with Crippen LogP contribution in [0.3, 0.4) is 0 Å². The highest BCUT2D eigenvalue weighted by atomic mass is 16.5. The minimum atomic E-state index is 0.0941. The van der Waals surface area contributed by atoms with E-state index in [9.17, 15) is 0 Å². The second-order valence-electron chi connectivity index (χ2n) is 5.78. The molecule has 106 valence electrons. The molecule has 0 aliphatic rings. The van der Waals surface area contributed by atoms with Gasteiger partial charge in [0, 0.05) is 24.5 Å². The van der Waals surface area contributed by atoms with E-state index in [-0.39, 0.29) is 5.41 Å². The molecular weight excluding hydrogens is 250 g/mol. The lowest BCUT2D eigenvalue weighted by Crippen LogP contribution is -2.10. The third kappa shape index (κ3) is 3.78. The molecule has 0 aliphatic carbocycles. The number of hydrogen-bond acceptors (Lipinski definition) is 4. The summed E-state index contributed by atoms with van der Waals surface area (Å²) in [5.74, 6) is 0.763. The summed E-state index contributed by atoms with van der Waals surface area (Å²) in [4.78, 5) is 8.42. The first kappa shape index (κ1) is 14.5. The molecule has 1 aromatic carbocycles. The Hall–Kier alpha value is -1.94. The molecule has 4 nitrogen and oxygen atoms in total. The van der Waals surface area contributed by atoms with Crippen molar-refractivity contribution in [2.75, 3.05) is 7.05 Å². The van der Waals surface area contributed by atoms with E-state index in [0.717, 1.165) is 17.9 Å². The number of ether oxygens (including phenoxy) is 1. The van der Waals surface area contributed by atoms with Gasteiger partial charge < -0.3 is 10.1 Å². The molecule has 2 rings (SSSR count). The normalized spacial score (nSPS) is 11.4. The van der Waals surface area contributed by atoms with E-state index >= 15 is 0 Å². The van der Waals surface area contributed by atoms with Gasteiger partial charge in [0.15, 0.2) is 0 Å². The fourth-order valence-electron chi connectivity index (χ4n) is 1.82. The van der Waals surface area contributed by atoms with Crippen molar-refractivity contribution in [1.29, 1.82) is 0 Å². The van der Waals surface area contributed by atoms with Crippen LogP contribution in [-0.4, -0.2) is 17.0 Å². The molecule has 2 aromatic rings. The summed E-state index contributed by atoms with van der Waals surface area (Å²) in [6.07, 6.45) is 3.54. The van der Waals surface area contributed by atoms with Crippen molar-refractivity contribution in [2.45, 2.75) is 32.7 Å². The standard InChI is InChI=1S/C16H21N3O/c1-16(2,3)13-6-5-7-14(8-13)20-15-18-10-12(9-17-4)11-19-15/h5-8,10-11,17H,9H2,1-4H3. The van der Waals surface area contributed by atoms with Crippen molar-refractivity contribution in [3.8, 4) is 11.8 Å². The van der Waals surface area contributed by atoms with Crippen LogP contribution in [0.2, 0.25) is 0 Å². The second kappa shape index (κ2) is 6.01. The molecule has 0 atom stereocenters. The van der Waals surface area contributed by atoms with E-state index in [1.807, 2.05) is 25.2 Å². The predicted octanol–water partition coefficient (Wildman–Crippen LogP) is 3.29. The predicted molar refractivity (Wildman–Crippen MR) is 80.0 cm³/mol. The number of nitrogens with one attached hydrogen (secondary N) is 1. The van der Waals surface area contributed by atoms with E-state index in [0.29, 0.717) is 6.01 Å². The van der Waals surface area contributed by atoms with Gasteiger partial charge in [0.05, 0.1) is 0 Å². The minimum Gasteiger partial charge on any atom is -0.424 e. The Morgan fingerprint density at radius 1 is 1.15 bits per heavy atom. The van der Waals surface area contributed by atoms with Gasteiger partial charge in [-0.25, -0.2) is 9.97 Å². The SMILES string of the molecule is CNCc1cnc(Oc2cccc(C(C)(C)C)c2)nc1. The molecule has 0 bridgehead atoms. The smallest absolute Gasteiger partial charge is 0.321 e. The van der Waals surface area contributed by atoms with Crippen molar-refractivity contribution in [3.05, 3.63) is 47.8 Å². The van der Waals surface area contributed by atoms with Crippen molar-refractivity contribution < 1.29 is 4.74 Å². The van der Waals surface area contributed by atoms with E-state index in [1.165, 1.54) is 5.56 Å². The van der Waals surface area contributed by atoms with Gasteiger partial charge in [0.25, 0.3) is 0 Å². The minimum absolute atomic E-state index is 0.0941. The van der Waals surface area contributed by atoms with Crippen LogP contribution in [0.4, 0.5) is 0 Å². The maximum atomic E-state index is 5.70. The average Bonchev–Trinajstić information content (AvgIpc) is 2.41. The molecule has 0 aliphatic heterocycles. The number of benzene rings is 1. The Morgan fingerprint density at radius 3 is 2.45 bits per heavy atom. The molecule has 0 fully saturated rings. The first-order valence-electron chi connectivity index (χ1n) is 6.73. The molecule has 20 heavy (non-hydrogen) atoms. The van der Waals surface area contributed by atoms with Crippen LogP contribution in [0.1, 0.15) is 31.9 Å². The van der Waals surface area contributed by atoms with Gasteiger partial charge in [-0.1, -0.05) is 32.9 Å². The quantitative estimate of drug-likeness (QED) is 0.927. The zero-order valence-electron chi connectivity index (χ0n) is 12.5. The van der Waals surface area contributed by atoms with Crippen LogP contribution in [0.25, 0.3) is 0 Å². The monoisotopic (exact) mass is 271 g/mol. The average molecular weight is 271 g/mol. The molecule has 0 saturated carbocycles. The van der Waals surface area contributed by atoms with Gasteiger partial charge in [0.1, 0.15) is 5.75 Å². The van der Waals surface area contributed by atoms with Crippen molar-refractivity contribution >= 4 is 0 Å². The topological polar surface area (TPSA) is 47.0 Å². The molecule has 0 amide bonds. The summed E-state index contributed by atoms with van der Waals surface area (Å²) in [7, 11) is 1.89. The number of aromatic nitrogens is 2. The summed E-state index contributed by atoms with van der Waals surface area (Å²) < 4.78 is 5.70. The van der Waals surface area contributed by atoms with Crippen LogP contribution in [-0.2, 0) is 12.0 Å².